The molecule has 21 heavy (non-hydrogen) atoms. The van der Waals surface area contributed by atoms with Crippen LogP contribution in [0.2, 0.25) is 5.02 Å². The number of hydrogen-bond acceptors (Lipinski definition) is 2. The Morgan fingerprint density at radius 3 is 2.71 bits per heavy atom. The molecule has 116 valence electrons. The predicted octanol–water partition coefficient (Wildman–Crippen LogP) is 5.91. The molecule has 1 aromatic heterocycles. The van der Waals surface area contributed by atoms with E-state index in [-0.39, 0.29) is 5.38 Å². The molecule has 0 amide bonds. The Kier molecular flexibility index (Phi) is 6.72. The number of aromatic nitrogens is 2. The number of aryl methyl sites for hydroxylation is 1. The lowest BCUT2D eigenvalue weighted by Gasteiger charge is -2.10. The van der Waals surface area contributed by atoms with E-state index >= 15 is 0 Å². The van der Waals surface area contributed by atoms with Gasteiger partial charge in [-0.3, -0.25) is 0 Å². The first-order chi connectivity index (χ1) is 10.1. The van der Waals surface area contributed by atoms with Crippen LogP contribution in [0, 0.1) is 0 Å². The van der Waals surface area contributed by atoms with Gasteiger partial charge < -0.3 is 4.57 Å². The normalized spacial score (nSPS) is 13.0. The maximum Gasteiger partial charge on any atom is 0.127 e. The minimum atomic E-state index is -0.0901. The molecule has 1 atom stereocenters. The number of imidazole rings is 1. The van der Waals surface area contributed by atoms with Crippen LogP contribution in [0.1, 0.15) is 43.8 Å². The van der Waals surface area contributed by atoms with E-state index in [1.165, 1.54) is 31.4 Å². The van der Waals surface area contributed by atoms with Crippen LogP contribution in [0.4, 0.5) is 0 Å². The second-order valence-electron chi connectivity index (χ2n) is 5.28. The molecule has 2 aromatic rings. The monoisotopic (exact) mass is 344 g/mol. The van der Waals surface area contributed by atoms with Crippen LogP contribution in [0.5, 0.6) is 0 Å². The third-order valence-corrected chi connectivity index (χ3v) is 4.70. The molecular formula is C16H22Cl2N2S. The van der Waals surface area contributed by atoms with Crippen LogP contribution >= 0.6 is 35.0 Å². The first-order valence-electron chi connectivity index (χ1n) is 7.42. The van der Waals surface area contributed by atoms with E-state index in [1.54, 1.807) is 0 Å². The fourth-order valence-corrected chi connectivity index (χ4v) is 3.36. The Morgan fingerprint density at radius 1 is 1.24 bits per heavy atom. The Balaban J connectivity index is 2.08. The summed E-state index contributed by atoms with van der Waals surface area (Å²) in [6.07, 6.45) is 7.19. The second-order valence-corrected chi connectivity index (χ2v) is 7.35. The maximum absolute atomic E-state index is 6.28. The summed E-state index contributed by atoms with van der Waals surface area (Å²) in [5.74, 6) is 2.20. The van der Waals surface area contributed by atoms with Crippen molar-refractivity contribution in [3.8, 4) is 0 Å². The van der Waals surface area contributed by atoms with Crippen molar-refractivity contribution in [2.45, 2.75) is 44.5 Å². The fourth-order valence-electron chi connectivity index (χ4n) is 2.53. The fraction of sp³-hybridized carbons (Fsp3) is 0.562. The van der Waals surface area contributed by atoms with Crippen molar-refractivity contribution in [1.29, 1.82) is 0 Å². The molecule has 1 unspecified atom stereocenters. The summed E-state index contributed by atoms with van der Waals surface area (Å²) in [5, 5.41) is 0.630. The third kappa shape index (κ3) is 4.54. The molecule has 2 rings (SSSR count). The maximum atomic E-state index is 6.28. The number of rotatable bonds is 8. The van der Waals surface area contributed by atoms with Crippen LogP contribution < -0.4 is 0 Å². The molecule has 1 aromatic carbocycles. The molecule has 0 fully saturated rings. The summed E-state index contributed by atoms with van der Waals surface area (Å²) in [6, 6.07) is 5.87. The number of fused-ring (bicyclic) bond motifs is 1. The summed E-state index contributed by atoms with van der Waals surface area (Å²) in [4.78, 5) is 4.64. The molecule has 0 radical (unpaired) electrons. The highest BCUT2D eigenvalue weighted by Crippen LogP contribution is 2.27. The number of nitrogens with zero attached hydrogens (tertiary/aromatic N) is 2. The van der Waals surface area contributed by atoms with Crippen LogP contribution in [0.15, 0.2) is 18.2 Å². The largest absolute Gasteiger partial charge is 0.327 e. The van der Waals surface area contributed by atoms with Crippen molar-refractivity contribution in [1.82, 2.24) is 9.55 Å². The summed E-state index contributed by atoms with van der Waals surface area (Å²) in [6.45, 7) is 2.95. The second kappa shape index (κ2) is 8.30. The molecule has 0 saturated heterocycles. The first-order valence-corrected chi connectivity index (χ1v) is 9.63. The molecular weight excluding hydrogens is 323 g/mol. The number of hydrogen-bond donors (Lipinski definition) is 0. The van der Waals surface area contributed by atoms with Gasteiger partial charge in [-0.05, 0) is 50.0 Å². The number of halogens is 2. The van der Waals surface area contributed by atoms with Gasteiger partial charge in [0.1, 0.15) is 5.82 Å². The molecule has 0 aliphatic carbocycles. The summed E-state index contributed by atoms with van der Waals surface area (Å²) < 4.78 is 2.25. The highest BCUT2D eigenvalue weighted by molar-refractivity contribution is 7.98. The average molecular weight is 345 g/mol. The first kappa shape index (κ1) is 17.0. The Hall–Kier alpha value is -0.380. The van der Waals surface area contributed by atoms with E-state index in [0.29, 0.717) is 0 Å². The van der Waals surface area contributed by atoms with Gasteiger partial charge >= 0.3 is 0 Å². The van der Waals surface area contributed by atoms with Crippen molar-refractivity contribution in [2.24, 2.45) is 0 Å². The van der Waals surface area contributed by atoms with Gasteiger partial charge in [0.2, 0.25) is 0 Å². The van der Waals surface area contributed by atoms with Crippen molar-refractivity contribution in [2.75, 3.05) is 12.0 Å². The highest BCUT2D eigenvalue weighted by Gasteiger charge is 2.14. The summed E-state index contributed by atoms with van der Waals surface area (Å²) in [5.41, 5.74) is 2.07. The van der Waals surface area contributed by atoms with E-state index in [4.69, 9.17) is 23.2 Å². The van der Waals surface area contributed by atoms with Gasteiger partial charge in [-0.2, -0.15) is 11.8 Å². The summed E-state index contributed by atoms with van der Waals surface area (Å²) >= 11 is 14.3. The van der Waals surface area contributed by atoms with Crippen LogP contribution in [-0.2, 0) is 6.54 Å². The van der Waals surface area contributed by atoms with Crippen LogP contribution in [0.3, 0.4) is 0 Å². The van der Waals surface area contributed by atoms with Gasteiger partial charge in [0.15, 0.2) is 0 Å². The Morgan fingerprint density at radius 2 is 2.00 bits per heavy atom. The molecule has 0 N–H and O–H groups in total. The molecule has 0 bridgehead atoms. The molecule has 2 nitrogen and oxygen atoms in total. The lowest BCUT2D eigenvalue weighted by Crippen LogP contribution is -2.04. The lowest BCUT2D eigenvalue weighted by molar-refractivity contribution is 0.575. The minimum absolute atomic E-state index is 0.0901. The quantitative estimate of drug-likeness (QED) is 0.437. The van der Waals surface area contributed by atoms with Gasteiger partial charge in [-0.15, -0.1) is 11.6 Å². The molecule has 0 spiro atoms. The van der Waals surface area contributed by atoms with Gasteiger partial charge in [-0.25, -0.2) is 4.98 Å². The number of thioether (sulfide) groups is 1. The zero-order valence-corrected chi connectivity index (χ0v) is 14.9. The summed E-state index contributed by atoms with van der Waals surface area (Å²) in [7, 11) is 0. The number of alkyl halides is 1. The van der Waals surface area contributed by atoms with Crippen molar-refractivity contribution < 1.29 is 0 Å². The molecule has 0 aliphatic heterocycles. The Labute approximate surface area is 141 Å². The van der Waals surface area contributed by atoms with E-state index in [0.717, 1.165) is 28.4 Å². The minimum Gasteiger partial charge on any atom is -0.327 e. The van der Waals surface area contributed by atoms with Crippen LogP contribution in [-0.4, -0.2) is 21.6 Å². The molecule has 1 heterocycles. The average Bonchev–Trinajstić information content (AvgIpc) is 2.80. The van der Waals surface area contributed by atoms with Gasteiger partial charge in [-0.1, -0.05) is 24.4 Å². The molecule has 0 saturated carbocycles. The van der Waals surface area contributed by atoms with E-state index in [1.807, 2.05) is 36.9 Å². The van der Waals surface area contributed by atoms with Gasteiger partial charge in [0.05, 0.1) is 16.4 Å². The van der Waals surface area contributed by atoms with E-state index in [2.05, 4.69) is 15.8 Å². The zero-order valence-electron chi connectivity index (χ0n) is 12.6. The lowest BCUT2D eigenvalue weighted by atomic mass is 10.2. The SMILES string of the molecule is CSCCCCCCn1c(C(C)Cl)nc2cc(Cl)ccc21. The topological polar surface area (TPSA) is 17.8 Å². The van der Waals surface area contributed by atoms with E-state index in [9.17, 15) is 0 Å². The zero-order chi connectivity index (χ0) is 15.2. The Bertz CT molecular complexity index is 581. The van der Waals surface area contributed by atoms with Crippen molar-refractivity contribution >= 4 is 46.0 Å². The van der Waals surface area contributed by atoms with Crippen molar-refractivity contribution in [3.05, 3.63) is 29.0 Å². The van der Waals surface area contributed by atoms with Crippen LogP contribution in [0.25, 0.3) is 11.0 Å². The third-order valence-electron chi connectivity index (χ3n) is 3.58. The van der Waals surface area contributed by atoms with E-state index < -0.39 is 0 Å². The van der Waals surface area contributed by atoms with Crippen molar-refractivity contribution in [3.63, 3.8) is 0 Å². The van der Waals surface area contributed by atoms with Gasteiger partial charge in [0, 0.05) is 11.6 Å². The molecule has 0 aliphatic rings. The smallest absolute Gasteiger partial charge is 0.127 e. The number of unbranched alkanes of at least 4 members (excludes halogenated alkanes) is 3. The van der Waals surface area contributed by atoms with Gasteiger partial charge in [0.25, 0.3) is 0 Å². The highest BCUT2D eigenvalue weighted by atomic mass is 35.5. The standard InChI is InChI=1S/C16H22Cl2N2S/c1-12(17)16-19-14-11-13(18)7-8-15(14)20(16)9-5-3-4-6-10-21-2/h7-8,11-12H,3-6,9-10H2,1-2H3. The molecule has 5 heteroatoms. The number of benzene rings is 1. The predicted molar refractivity (Wildman–Crippen MR) is 95.9 cm³/mol.